The Morgan fingerprint density at radius 3 is 2.56 bits per heavy atom. The molecule has 1 saturated carbocycles. The molecule has 0 aromatic carbocycles. The zero-order valence-electron chi connectivity index (χ0n) is 10.5. The van der Waals surface area contributed by atoms with Crippen LogP contribution in [0.1, 0.15) is 32.1 Å². The van der Waals surface area contributed by atoms with Crippen LogP contribution >= 0.6 is 0 Å². The van der Waals surface area contributed by atoms with Crippen molar-refractivity contribution in [1.29, 1.82) is 0 Å². The second kappa shape index (κ2) is 5.86. The number of nitrogen functional groups attached to an aromatic ring is 2. The second-order valence-electron chi connectivity index (χ2n) is 4.72. The average Bonchev–Trinajstić information content (AvgIpc) is 2.36. The van der Waals surface area contributed by atoms with Crippen molar-refractivity contribution in [3.8, 4) is 0 Å². The standard InChI is InChI=1S/C12H21N5O/c13-10-8-11(16-12(14)15-10)17(6-7-18)9-4-2-1-3-5-9/h8-9,18H,1-7H2,(H4,13,14,15,16). The summed E-state index contributed by atoms with van der Waals surface area (Å²) in [6, 6.07) is 2.14. The van der Waals surface area contributed by atoms with Crippen LogP contribution in [-0.2, 0) is 0 Å². The minimum absolute atomic E-state index is 0.0975. The summed E-state index contributed by atoms with van der Waals surface area (Å²) in [6.07, 6.45) is 6.00. The lowest BCUT2D eigenvalue weighted by molar-refractivity contribution is 0.289. The fourth-order valence-electron chi connectivity index (χ4n) is 2.60. The minimum atomic E-state index is 0.0975. The first-order valence-corrected chi connectivity index (χ1v) is 6.48. The topological polar surface area (TPSA) is 101 Å². The van der Waals surface area contributed by atoms with Gasteiger partial charge in [0.05, 0.1) is 6.61 Å². The number of anilines is 3. The largest absolute Gasteiger partial charge is 0.395 e. The molecule has 100 valence electrons. The van der Waals surface area contributed by atoms with Gasteiger partial charge in [-0.1, -0.05) is 19.3 Å². The molecule has 0 saturated heterocycles. The van der Waals surface area contributed by atoms with Crippen LogP contribution in [0.3, 0.4) is 0 Å². The number of aliphatic hydroxyl groups is 1. The molecular formula is C12H21N5O. The molecule has 1 fully saturated rings. The van der Waals surface area contributed by atoms with Gasteiger partial charge in [-0.3, -0.25) is 0 Å². The van der Waals surface area contributed by atoms with Gasteiger partial charge in [0.2, 0.25) is 5.95 Å². The van der Waals surface area contributed by atoms with Crippen LogP contribution in [-0.4, -0.2) is 34.3 Å². The van der Waals surface area contributed by atoms with Crippen molar-refractivity contribution in [2.24, 2.45) is 0 Å². The van der Waals surface area contributed by atoms with E-state index in [0.29, 0.717) is 18.4 Å². The van der Waals surface area contributed by atoms with Gasteiger partial charge < -0.3 is 21.5 Å². The first-order chi connectivity index (χ1) is 8.70. The number of aliphatic hydroxyl groups excluding tert-OH is 1. The highest BCUT2D eigenvalue weighted by Crippen LogP contribution is 2.27. The van der Waals surface area contributed by atoms with Crippen LogP contribution in [0.4, 0.5) is 17.6 Å². The molecule has 0 radical (unpaired) electrons. The Morgan fingerprint density at radius 1 is 1.22 bits per heavy atom. The zero-order chi connectivity index (χ0) is 13.0. The maximum atomic E-state index is 9.22. The molecule has 6 nitrogen and oxygen atoms in total. The van der Waals surface area contributed by atoms with Crippen molar-refractivity contribution < 1.29 is 5.11 Å². The molecule has 0 atom stereocenters. The van der Waals surface area contributed by atoms with Crippen LogP contribution in [0.5, 0.6) is 0 Å². The molecule has 5 N–H and O–H groups in total. The highest BCUT2D eigenvalue weighted by Gasteiger charge is 2.22. The molecule has 18 heavy (non-hydrogen) atoms. The number of aromatic nitrogens is 2. The third-order valence-corrected chi connectivity index (χ3v) is 3.40. The maximum Gasteiger partial charge on any atom is 0.223 e. The summed E-state index contributed by atoms with van der Waals surface area (Å²) in [4.78, 5) is 10.2. The Hall–Kier alpha value is -1.56. The third-order valence-electron chi connectivity index (χ3n) is 3.40. The van der Waals surface area contributed by atoms with Crippen molar-refractivity contribution in [1.82, 2.24) is 9.97 Å². The number of nitrogens with two attached hydrogens (primary N) is 2. The van der Waals surface area contributed by atoms with E-state index in [2.05, 4.69) is 14.9 Å². The van der Waals surface area contributed by atoms with Crippen molar-refractivity contribution in [3.63, 3.8) is 0 Å². The van der Waals surface area contributed by atoms with E-state index in [1.165, 1.54) is 19.3 Å². The van der Waals surface area contributed by atoms with E-state index in [1.807, 2.05) is 0 Å². The van der Waals surface area contributed by atoms with Gasteiger partial charge in [-0.05, 0) is 12.8 Å². The number of rotatable bonds is 4. The van der Waals surface area contributed by atoms with E-state index in [1.54, 1.807) is 6.07 Å². The Kier molecular flexibility index (Phi) is 4.19. The van der Waals surface area contributed by atoms with Gasteiger partial charge in [0.25, 0.3) is 0 Å². The first-order valence-electron chi connectivity index (χ1n) is 6.48. The highest BCUT2D eigenvalue weighted by molar-refractivity contribution is 5.51. The smallest absolute Gasteiger partial charge is 0.223 e. The molecule has 1 aliphatic rings. The van der Waals surface area contributed by atoms with Gasteiger partial charge in [-0.15, -0.1) is 0 Å². The summed E-state index contributed by atoms with van der Waals surface area (Å²) in [6.45, 7) is 0.654. The summed E-state index contributed by atoms with van der Waals surface area (Å²) in [5, 5.41) is 9.22. The minimum Gasteiger partial charge on any atom is -0.395 e. The van der Waals surface area contributed by atoms with E-state index >= 15 is 0 Å². The van der Waals surface area contributed by atoms with E-state index in [9.17, 15) is 5.11 Å². The van der Waals surface area contributed by atoms with E-state index in [-0.39, 0.29) is 12.6 Å². The lowest BCUT2D eigenvalue weighted by atomic mass is 9.94. The second-order valence-corrected chi connectivity index (χ2v) is 4.72. The molecule has 1 aromatic rings. The molecule has 0 bridgehead atoms. The zero-order valence-corrected chi connectivity index (χ0v) is 10.5. The summed E-state index contributed by atoms with van der Waals surface area (Å²) in [5.74, 6) is 1.28. The molecule has 1 heterocycles. The third kappa shape index (κ3) is 3.01. The highest BCUT2D eigenvalue weighted by atomic mass is 16.3. The van der Waals surface area contributed by atoms with Crippen molar-refractivity contribution in [2.45, 2.75) is 38.1 Å². The Bertz CT molecular complexity index is 372. The summed E-state index contributed by atoms with van der Waals surface area (Å²) >= 11 is 0. The summed E-state index contributed by atoms with van der Waals surface area (Å²) in [5.41, 5.74) is 11.3. The van der Waals surface area contributed by atoms with Gasteiger partial charge >= 0.3 is 0 Å². The fraction of sp³-hybridized carbons (Fsp3) is 0.667. The van der Waals surface area contributed by atoms with Crippen LogP contribution in [0.25, 0.3) is 0 Å². The van der Waals surface area contributed by atoms with Crippen molar-refractivity contribution in [2.75, 3.05) is 29.5 Å². The van der Waals surface area contributed by atoms with E-state index < -0.39 is 0 Å². The predicted molar refractivity (Wildman–Crippen MR) is 72.2 cm³/mol. The molecule has 0 unspecified atom stereocenters. The molecule has 6 heteroatoms. The molecule has 1 aliphatic carbocycles. The summed E-state index contributed by atoms with van der Waals surface area (Å²) < 4.78 is 0. The predicted octanol–water partition coefficient (Wildman–Crippen LogP) is 0.772. The SMILES string of the molecule is Nc1cc(N(CCO)C2CCCCC2)nc(N)n1. The van der Waals surface area contributed by atoms with Crippen molar-refractivity contribution in [3.05, 3.63) is 6.07 Å². The fourth-order valence-corrected chi connectivity index (χ4v) is 2.60. The normalized spacial score (nSPS) is 16.7. The van der Waals surface area contributed by atoms with Gasteiger partial charge in [0, 0.05) is 18.7 Å². The van der Waals surface area contributed by atoms with Crippen LogP contribution in [0, 0.1) is 0 Å². The monoisotopic (exact) mass is 251 g/mol. The van der Waals surface area contributed by atoms with Crippen molar-refractivity contribution >= 4 is 17.6 Å². The molecular weight excluding hydrogens is 230 g/mol. The first kappa shape index (κ1) is 12.9. The van der Waals surface area contributed by atoms with Crippen LogP contribution in [0.2, 0.25) is 0 Å². The lowest BCUT2D eigenvalue weighted by Crippen LogP contribution is -2.39. The van der Waals surface area contributed by atoms with Gasteiger partial charge in [-0.25, -0.2) is 0 Å². The van der Waals surface area contributed by atoms with Crippen LogP contribution in [0.15, 0.2) is 6.07 Å². The van der Waals surface area contributed by atoms with Crippen LogP contribution < -0.4 is 16.4 Å². The Labute approximate surface area is 107 Å². The quantitative estimate of drug-likeness (QED) is 0.730. The number of hydrogen-bond donors (Lipinski definition) is 3. The van der Waals surface area contributed by atoms with Gasteiger partial charge in [0.15, 0.2) is 0 Å². The molecule has 2 rings (SSSR count). The van der Waals surface area contributed by atoms with Gasteiger partial charge in [-0.2, -0.15) is 9.97 Å². The Morgan fingerprint density at radius 2 is 1.94 bits per heavy atom. The summed E-state index contributed by atoms with van der Waals surface area (Å²) in [7, 11) is 0. The maximum absolute atomic E-state index is 9.22. The molecule has 0 spiro atoms. The van der Waals surface area contributed by atoms with Gasteiger partial charge in [0.1, 0.15) is 11.6 Å². The average molecular weight is 251 g/mol. The molecule has 0 amide bonds. The van der Waals surface area contributed by atoms with E-state index in [4.69, 9.17) is 11.5 Å². The number of nitrogens with zero attached hydrogens (tertiary/aromatic N) is 3. The Balaban J connectivity index is 2.22. The molecule has 1 aromatic heterocycles. The number of hydrogen-bond acceptors (Lipinski definition) is 6. The lowest BCUT2D eigenvalue weighted by Gasteiger charge is -2.35. The van der Waals surface area contributed by atoms with E-state index in [0.717, 1.165) is 18.7 Å². The molecule has 0 aliphatic heterocycles.